The van der Waals surface area contributed by atoms with Crippen LogP contribution in [0.1, 0.15) is 42.9 Å². The van der Waals surface area contributed by atoms with Crippen LogP contribution in [0.25, 0.3) is 0 Å². The average Bonchev–Trinajstić information content (AvgIpc) is 3.09. The Labute approximate surface area is 159 Å². The fourth-order valence-electron chi connectivity index (χ4n) is 4.30. The predicted molar refractivity (Wildman–Crippen MR) is 106 cm³/mol. The number of hydrogen-bond acceptors (Lipinski definition) is 4. The maximum atomic E-state index is 13.2. The van der Waals surface area contributed by atoms with Crippen LogP contribution in [0, 0.1) is 5.41 Å². The number of carbonyl (C=O) groups excluding carboxylic acids is 1. The molecular formula is C21H27N3OS. The molecule has 2 atom stereocenters. The van der Waals surface area contributed by atoms with Gasteiger partial charge in [0.05, 0.1) is 0 Å². The Morgan fingerprint density at radius 3 is 2.73 bits per heavy atom. The van der Waals surface area contributed by atoms with E-state index in [9.17, 15) is 4.79 Å². The molecule has 2 fully saturated rings. The monoisotopic (exact) mass is 369 g/mol. The maximum Gasteiger partial charge on any atom is 0.225 e. The summed E-state index contributed by atoms with van der Waals surface area (Å²) in [5.74, 6) is 0.188. The number of nitrogens with one attached hydrogen (secondary N) is 1. The molecule has 1 aliphatic heterocycles. The molecule has 2 heterocycles. The van der Waals surface area contributed by atoms with Gasteiger partial charge in [0.15, 0.2) is 0 Å². The van der Waals surface area contributed by atoms with E-state index in [0.717, 1.165) is 25.1 Å². The summed E-state index contributed by atoms with van der Waals surface area (Å²) in [6, 6.07) is 12.2. The van der Waals surface area contributed by atoms with Crippen LogP contribution < -0.4 is 11.1 Å². The molecule has 1 spiro atoms. The van der Waals surface area contributed by atoms with Crippen molar-refractivity contribution in [2.75, 3.05) is 13.1 Å². The fraction of sp³-hybridized carbons (Fsp3) is 0.476. The molecule has 0 bridgehead atoms. The van der Waals surface area contributed by atoms with Crippen molar-refractivity contribution in [1.82, 2.24) is 10.2 Å². The molecule has 5 heteroatoms. The van der Waals surface area contributed by atoms with Gasteiger partial charge in [0.2, 0.25) is 5.91 Å². The van der Waals surface area contributed by atoms with E-state index >= 15 is 0 Å². The molecule has 1 saturated heterocycles. The zero-order valence-electron chi connectivity index (χ0n) is 15.1. The highest BCUT2D eigenvalue weighted by Crippen LogP contribution is 2.56. The van der Waals surface area contributed by atoms with Crippen molar-refractivity contribution < 1.29 is 4.79 Å². The highest BCUT2D eigenvalue weighted by atomic mass is 32.1. The number of nitrogens with zero attached hydrogens (tertiary/aromatic N) is 1. The van der Waals surface area contributed by atoms with Crippen molar-refractivity contribution in [3.8, 4) is 0 Å². The molecule has 4 rings (SSSR count). The Balaban J connectivity index is 1.48. The van der Waals surface area contributed by atoms with Gasteiger partial charge in [-0.05, 0) is 65.7 Å². The molecule has 4 nitrogen and oxygen atoms in total. The van der Waals surface area contributed by atoms with Crippen molar-refractivity contribution in [3.05, 3.63) is 58.3 Å². The minimum Gasteiger partial charge on any atom is -0.335 e. The second-order valence-corrected chi connectivity index (χ2v) is 8.49. The Morgan fingerprint density at radius 2 is 2.04 bits per heavy atom. The highest BCUT2D eigenvalue weighted by Gasteiger charge is 2.57. The number of benzene rings is 1. The second kappa shape index (κ2) is 7.51. The zero-order chi connectivity index (χ0) is 18.0. The number of amides is 1. The SMILES string of the molecule is NC(CC(=O)N(Cc1ccsc1)C1CC12CCNCC2)c1ccccc1. The van der Waals surface area contributed by atoms with Gasteiger partial charge >= 0.3 is 0 Å². The molecular weight excluding hydrogens is 342 g/mol. The molecule has 1 amide bonds. The van der Waals surface area contributed by atoms with E-state index in [1.54, 1.807) is 11.3 Å². The third kappa shape index (κ3) is 3.70. The van der Waals surface area contributed by atoms with E-state index in [-0.39, 0.29) is 11.9 Å². The number of piperidine rings is 1. The first-order chi connectivity index (χ1) is 12.7. The van der Waals surface area contributed by atoms with E-state index in [1.807, 2.05) is 30.3 Å². The van der Waals surface area contributed by atoms with Crippen molar-refractivity contribution >= 4 is 17.2 Å². The average molecular weight is 370 g/mol. The van der Waals surface area contributed by atoms with Crippen LogP contribution >= 0.6 is 11.3 Å². The normalized spacial score (nSPS) is 22.1. The molecule has 138 valence electrons. The van der Waals surface area contributed by atoms with Crippen LogP contribution in [0.2, 0.25) is 0 Å². The molecule has 1 aromatic heterocycles. The van der Waals surface area contributed by atoms with Crippen molar-refractivity contribution in [3.63, 3.8) is 0 Å². The van der Waals surface area contributed by atoms with Crippen molar-refractivity contribution in [2.24, 2.45) is 11.1 Å². The van der Waals surface area contributed by atoms with Gasteiger partial charge in [-0.25, -0.2) is 0 Å². The van der Waals surface area contributed by atoms with Crippen molar-refractivity contribution in [1.29, 1.82) is 0 Å². The number of nitrogens with two attached hydrogens (primary N) is 1. The first-order valence-electron chi connectivity index (χ1n) is 9.50. The second-order valence-electron chi connectivity index (χ2n) is 7.71. The minimum absolute atomic E-state index is 0.188. The summed E-state index contributed by atoms with van der Waals surface area (Å²) in [5, 5.41) is 7.68. The number of carbonyl (C=O) groups is 1. The topological polar surface area (TPSA) is 58.4 Å². The Morgan fingerprint density at radius 1 is 1.27 bits per heavy atom. The van der Waals surface area contributed by atoms with Crippen LogP contribution in [0.15, 0.2) is 47.2 Å². The first-order valence-corrected chi connectivity index (χ1v) is 10.4. The van der Waals surface area contributed by atoms with E-state index in [2.05, 4.69) is 27.0 Å². The highest BCUT2D eigenvalue weighted by molar-refractivity contribution is 7.07. The summed E-state index contributed by atoms with van der Waals surface area (Å²) in [7, 11) is 0. The Kier molecular flexibility index (Phi) is 5.11. The summed E-state index contributed by atoms with van der Waals surface area (Å²) >= 11 is 1.69. The van der Waals surface area contributed by atoms with E-state index in [0.29, 0.717) is 24.4 Å². The lowest BCUT2D eigenvalue weighted by Crippen LogP contribution is -2.40. The molecule has 2 aromatic rings. The van der Waals surface area contributed by atoms with Gasteiger partial charge in [0.25, 0.3) is 0 Å². The Hall–Kier alpha value is -1.69. The quantitative estimate of drug-likeness (QED) is 0.821. The van der Waals surface area contributed by atoms with Gasteiger partial charge in [-0.3, -0.25) is 4.79 Å². The van der Waals surface area contributed by atoms with E-state index in [1.165, 1.54) is 18.4 Å². The van der Waals surface area contributed by atoms with Crippen molar-refractivity contribution in [2.45, 2.75) is 44.3 Å². The lowest BCUT2D eigenvalue weighted by Gasteiger charge is -2.30. The van der Waals surface area contributed by atoms with Gasteiger partial charge in [0, 0.05) is 25.0 Å². The van der Waals surface area contributed by atoms with Crippen LogP contribution in [0.4, 0.5) is 0 Å². The van der Waals surface area contributed by atoms with Gasteiger partial charge in [-0.15, -0.1) is 0 Å². The summed E-state index contributed by atoms with van der Waals surface area (Å²) in [6.07, 6.45) is 3.87. The largest absolute Gasteiger partial charge is 0.335 e. The van der Waals surface area contributed by atoms with Gasteiger partial charge in [-0.2, -0.15) is 11.3 Å². The smallest absolute Gasteiger partial charge is 0.225 e. The maximum absolute atomic E-state index is 13.2. The number of thiophene rings is 1. The Bertz CT molecular complexity index is 725. The van der Waals surface area contributed by atoms with Crippen LogP contribution in [-0.4, -0.2) is 29.9 Å². The standard InChI is InChI=1S/C21H27N3OS/c22-18(17-4-2-1-3-5-17)12-20(25)24(14-16-6-11-26-15-16)19-13-21(19)7-9-23-10-8-21/h1-6,11,15,18-19,23H,7-10,12-14,22H2. The van der Waals surface area contributed by atoms with Gasteiger partial charge < -0.3 is 16.0 Å². The summed E-state index contributed by atoms with van der Waals surface area (Å²) in [6.45, 7) is 2.85. The van der Waals surface area contributed by atoms with Crippen LogP contribution in [0.5, 0.6) is 0 Å². The lowest BCUT2D eigenvalue weighted by atomic mass is 9.93. The molecule has 2 aliphatic rings. The molecule has 3 N–H and O–H groups in total. The molecule has 0 radical (unpaired) electrons. The summed E-state index contributed by atoms with van der Waals surface area (Å²) < 4.78 is 0. The fourth-order valence-corrected chi connectivity index (χ4v) is 4.96. The van der Waals surface area contributed by atoms with Gasteiger partial charge in [0.1, 0.15) is 0 Å². The van der Waals surface area contributed by atoms with Crippen LogP contribution in [0.3, 0.4) is 0 Å². The van der Waals surface area contributed by atoms with E-state index < -0.39 is 0 Å². The summed E-state index contributed by atoms with van der Waals surface area (Å²) in [4.78, 5) is 15.3. The molecule has 1 aromatic carbocycles. The summed E-state index contributed by atoms with van der Waals surface area (Å²) in [5.41, 5.74) is 8.94. The van der Waals surface area contributed by atoms with E-state index in [4.69, 9.17) is 5.73 Å². The third-order valence-electron chi connectivity index (χ3n) is 6.00. The number of hydrogen-bond donors (Lipinski definition) is 2. The predicted octanol–water partition coefficient (Wildman–Crippen LogP) is 3.31. The lowest BCUT2D eigenvalue weighted by molar-refractivity contribution is -0.133. The zero-order valence-corrected chi connectivity index (χ0v) is 15.9. The molecule has 26 heavy (non-hydrogen) atoms. The first kappa shape index (κ1) is 17.7. The molecule has 2 unspecified atom stereocenters. The third-order valence-corrected chi connectivity index (χ3v) is 6.73. The minimum atomic E-state index is -0.239. The number of rotatable bonds is 6. The molecule has 1 aliphatic carbocycles. The molecule has 1 saturated carbocycles. The van der Waals surface area contributed by atoms with Crippen LogP contribution in [-0.2, 0) is 11.3 Å². The van der Waals surface area contributed by atoms with Gasteiger partial charge in [-0.1, -0.05) is 30.3 Å².